The number of nitrogens with one attached hydrogen (secondary N) is 1. The molecule has 168 valence electrons. The van der Waals surface area contributed by atoms with Gasteiger partial charge in [-0.2, -0.15) is 13.2 Å². The zero-order chi connectivity index (χ0) is 23.0. The zero-order valence-electron chi connectivity index (χ0n) is 17.5. The van der Waals surface area contributed by atoms with E-state index in [0.717, 1.165) is 29.9 Å². The minimum atomic E-state index is -4.65. The fourth-order valence-corrected chi connectivity index (χ4v) is 4.00. The number of nitrogens with zero attached hydrogens (tertiary/aromatic N) is 4. The van der Waals surface area contributed by atoms with Crippen molar-refractivity contribution in [1.29, 1.82) is 0 Å². The molecule has 1 saturated heterocycles. The maximum atomic E-state index is 14.3. The number of pyridine rings is 2. The van der Waals surface area contributed by atoms with E-state index in [0.29, 0.717) is 11.1 Å². The molecule has 6 nitrogen and oxygen atoms in total. The molecule has 4 heterocycles. The van der Waals surface area contributed by atoms with Crippen LogP contribution in [0.4, 0.5) is 24.7 Å². The first-order valence-electron chi connectivity index (χ1n) is 10.5. The van der Waals surface area contributed by atoms with Crippen LogP contribution in [0.1, 0.15) is 28.5 Å². The predicted octanol–water partition coefficient (Wildman–Crippen LogP) is 5.05. The summed E-state index contributed by atoms with van der Waals surface area (Å²) in [5.41, 5.74) is 0.363. The Balaban J connectivity index is 1.55. The van der Waals surface area contributed by atoms with Crippen molar-refractivity contribution < 1.29 is 18.0 Å². The molecule has 0 bridgehead atoms. The number of hydrogen-bond acceptors (Lipinski definition) is 4. The van der Waals surface area contributed by atoms with E-state index in [1.54, 1.807) is 30.3 Å². The number of benzene rings is 1. The van der Waals surface area contributed by atoms with Crippen LogP contribution in [-0.4, -0.2) is 39.7 Å². The summed E-state index contributed by atoms with van der Waals surface area (Å²) < 4.78 is 44.0. The van der Waals surface area contributed by atoms with E-state index in [2.05, 4.69) is 20.2 Å². The number of hydrogen-bond donors (Lipinski definition) is 1. The normalized spacial score (nSPS) is 14.7. The van der Waals surface area contributed by atoms with Crippen LogP contribution in [0.25, 0.3) is 11.0 Å². The van der Waals surface area contributed by atoms with E-state index in [1.165, 1.54) is 42.7 Å². The molecule has 0 spiro atoms. The van der Waals surface area contributed by atoms with Gasteiger partial charge in [-0.1, -0.05) is 30.3 Å². The van der Waals surface area contributed by atoms with Gasteiger partial charge in [0.15, 0.2) is 6.04 Å². The third-order valence-electron chi connectivity index (χ3n) is 5.70. The van der Waals surface area contributed by atoms with E-state index < -0.39 is 18.1 Å². The maximum Gasteiger partial charge on any atom is 0.413 e. The number of halogens is 3. The maximum absolute atomic E-state index is 14.3. The van der Waals surface area contributed by atoms with E-state index >= 15 is 0 Å². The summed E-state index contributed by atoms with van der Waals surface area (Å²) in [6, 6.07) is 13.6. The average Bonchev–Trinajstić information content (AvgIpc) is 3.13. The van der Waals surface area contributed by atoms with Crippen LogP contribution in [0.2, 0.25) is 0 Å². The van der Waals surface area contributed by atoms with Crippen LogP contribution < -0.4 is 10.2 Å². The molecule has 1 aromatic carbocycles. The lowest BCUT2D eigenvalue weighted by atomic mass is 10.1. The highest BCUT2D eigenvalue weighted by molar-refractivity contribution is 6.06. The first kappa shape index (κ1) is 21.0. The average molecular weight is 451 g/mol. The van der Waals surface area contributed by atoms with Gasteiger partial charge in [0.25, 0.3) is 5.91 Å². The summed E-state index contributed by atoms with van der Waals surface area (Å²) in [5, 5.41) is 3.13. The van der Waals surface area contributed by atoms with Crippen molar-refractivity contribution in [2.75, 3.05) is 23.3 Å². The molecular formula is C24H20F3N5O. The molecule has 1 aliphatic rings. The van der Waals surface area contributed by atoms with E-state index in [1.807, 2.05) is 0 Å². The minimum Gasteiger partial charge on any atom is -0.356 e. The second-order valence-electron chi connectivity index (χ2n) is 7.87. The fourth-order valence-electron chi connectivity index (χ4n) is 4.00. The molecule has 0 saturated carbocycles. The van der Waals surface area contributed by atoms with E-state index in [4.69, 9.17) is 0 Å². The van der Waals surface area contributed by atoms with Crippen LogP contribution >= 0.6 is 0 Å². The third kappa shape index (κ3) is 4.02. The lowest BCUT2D eigenvalue weighted by Crippen LogP contribution is -2.37. The standard InChI is InChI=1S/C24H20F3N5O/c25-24(26,27)21(16-6-2-1-3-7-16)32-19(14-17-8-4-11-28-22(17)32)23(33)30-18-9-10-20(29-15-18)31-12-5-13-31/h1-4,6-11,14-15,21H,5,12-13H2,(H,30,33). The van der Waals surface area contributed by atoms with Gasteiger partial charge in [-0.15, -0.1) is 0 Å². The van der Waals surface area contributed by atoms with Crippen molar-refractivity contribution in [1.82, 2.24) is 14.5 Å². The zero-order valence-corrected chi connectivity index (χ0v) is 17.5. The van der Waals surface area contributed by atoms with Gasteiger partial charge in [0, 0.05) is 24.7 Å². The van der Waals surface area contributed by atoms with E-state index in [-0.39, 0.29) is 16.9 Å². The van der Waals surface area contributed by atoms with Crippen LogP contribution in [0.15, 0.2) is 73.1 Å². The molecule has 0 radical (unpaired) electrons. The number of rotatable bonds is 5. The van der Waals surface area contributed by atoms with Crippen molar-refractivity contribution in [3.8, 4) is 0 Å². The SMILES string of the molecule is O=C(Nc1ccc(N2CCC2)nc1)c1cc2cccnc2n1C(c1ccccc1)C(F)(F)F. The highest BCUT2D eigenvalue weighted by Gasteiger charge is 2.44. The van der Waals surface area contributed by atoms with Crippen LogP contribution in [-0.2, 0) is 0 Å². The number of carbonyl (C=O) groups is 1. The summed E-state index contributed by atoms with van der Waals surface area (Å²) in [5.74, 6) is 0.135. The summed E-state index contributed by atoms with van der Waals surface area (Å²) in [6.07, 6.45) is -0.618. The number of aromatic nitrogens is 3. The molecule has 1 atom stereocenters. The first-order valence-corrected chi connectivity index (χ1v) is 10.5. The highest BCUT2D eigenvalue weighted by atomic mass is 19.4. The Morgan fingerprint density at radius 3 is 2.42 bits per heavy atom. The monoisotopic (exact) mass is 451 g/mol. The van der Waals surface area contributed by atoms with Crippen molar-refractivity contribution in [2.24, 2.45) is 0 Å². The summed E-state index contributed by atoms with van der Waals surface area (Å²) >= 11 is 0. The smallest absolute Gasteiger partial charge is 0.356 e. The van der Waals surface area contributed by atoms with Gasteiger partial charge in [-0.05, 0) is 42.3 Å². The van der Waals surface area contributed by atoms with Gasteiger partial charge in [-0.25, -0.2) is 9.97 Å². The quantitative estimate of drug-likeness (QED) is 0.462. The van der Waals surface area contributed by atoms with Gasteiger partial charge in [-0.3, -0.25) is 4.79 Å². The van der Waals surface area contributed by atoms with E-state index in [9.17, 15) is 18.0 Å². The van der Waals surface area contributed by atoms with Crippen LogP contribution in [0.5, 0.6) is 0 Å². The third-order valence-corrected chi connectivity index (χ3v) is 5.70. The predicted molar refractivity (Wildman–Crippen MR) is 119 cm³/mol. The molecule has 4 aromatic rings. The van der Waals surface area contributed by atoms with Gasteiger partial charge in [0.05, 0.1) is 11.9 Å². The number of anilines is 2. The Morgan fingerprint density at radius 1 is 1.00 bits per heavy atom. The minimum absolute atomic E-state index is 0.0165. The molecule has 5 rings (SSSR count). The second kappa shape index (κ2) is 8.23. The summed E-state index contributed by atoms with van der Waals surface area (Å²) in [7, 11) is 0. The molecule has 9 heteroatoms. The number of fused-ring (bicyclic) bond motifs is 1. The lowest BCUT2D eigenvalue weighted by molar-refractivity contribution is -0.156. The molecule has 1 fully saturated rings. The van der Waals surface area contributed by atoms with Gasteiger partial charge in [0.1, 0.15) is 17.2 Å². The molecular weight excluding hydrogens is 431 g/mol. The second-order valence-corrected chi connectivity index (χ2v) is 7.87. The van der Waals surface area contributed by atoms with Crippen molar-refractivity contribution in [3.05, 3.63) is 84.3 Å². The van der Waals surface area contributed by atoms with Crippen molar-refractivity contribution >= 4 is 28.4 Å². The summed E-state index contributed by atoms with van der Waals surface area (Å²) in [6.45, 7) is 1.87. The molecule has 1 amide bonds. The fraction of sp³-hybridized carbons (Fsp3) is 0.208. The Labute approximate surface area is 187 Å². The largest absolute Gasteiger partial charge is 0.413 e. The Morgan fingerprint density at radius 2 is 1.79 bits per heavy atom. The number of carbonyl (C=O) groups excluding carboxylic acids is 1. The summed E-state index contributed by atoms with van der Waals surface area (Å²) in [4.78, 5) is 23.8. The molecule has 1 N–H and O–H groups in total. The van der Waals surface area contributed by atoms with Crippen LogP contribution in [0, 0.1) is 0 Å². The van der Waals surface area contributed by atoms with Crippen molar-refractivity contribution in [3.63, 3.8) is 0 Å². The number of alkyl halides is 3. The van der Waals surface area contributed by atoms with Gasteiger partial charge < -0.3 is 14.8 Å². The highest BCUT2D eigenvalue weighted by Crippen LogP contribution is 2.39. The Kier molecular flexibility index (Phi) is 5.24. The first-order chi connectivity index (χ1) is 15.9. The molecule has 33 heavy (non-hydrogen) atoms. The van der Waals surface area contributed by atoms with Crippen LogP contribution in [0.3, 0.4) is 0 Å². The van der Waals surface area contributed by atoms with Gasteiger partial charge >= 0.3 is 6.18 Å². The molecule has 3 aromatic heterocycles. The topological polar surface area (TPSA) is 63.1 Å². The molecule has 1 unspecified atom stereocenters. The van der Waals surface area contributed by atoms with Gasteiger partial charge in [0.2, 0.25) is 0 Å². The molecule has 0 aliphatic carbocycles. The Bertz CT molecular complexity index is 1280. The lowest BCUT2D eigenvalue weighted by Gasteiger charge is -2.31. The molecule has 1 aliphatic heterocycles. The number of amides is 1. The Hall–Kier alpha value is -3.88. The van der Waals surface area contributed by atoms with Crippen molar-refractivity contribution in [2.45, 2.75) is 18.6 Å².